The first-order valence-electron chi connectivity index (χ1n) is 5.37. The highest BCUT2D eigenvalue weighted by atomic mass is 35.5. The van der Waals surface area contributed by atoms with Crippen LogP contribution in [0.3, 0.4) is 0 Å². The van der Waals surface area contributed by atoms with Crippen LogP contribution in [0.15, 0.2) is 71.7 Å². The molecule has 0 radical (unpaired) electrons. The number of nitrogens with one attached hydrogen (secondary N) is 2. The molecular weight excluding hydrogens is 246 g/mol. The highest BCUT2D eigenvalue weighted by molar-refractivity contribution is 6.33. The van der Waals surface area contributed by atoms with Crippen LogP contribution < -0.4 is 5.32 Å². The van der Waals surface area contributed by atoms with Crippen molar-refractivity contribution in [3.8, 4) is 0 Å². The third-order valence-electron chi connectivity index (χ3n) is 2.44. The lowest BCUT2D eigenvalue weighted by atomic mass is 9.97. The van der Waals surface area contributed by atoms with Crippen LogP contribution in [0.4, 0.5) is 5.69 Å². The lowest BCUT2D eigenvalue weighted by Gasteiger charge is -2.13. The summed E-state index contributed by atoms with van der Waals surface area (Å²) in [7, 11) is 0. The van der Waals surface area contributed by atoms with Crippen molar-refractivity contribution in [1.29, 1.82) is 5.41 Å². The van der Waals surface area contributed by atoms with Crippen LogP contribution in [0.1, 0.15) is 0 Å². The van der Waals surface area contributed by atoms with E-state index in [-0.39, 0.29) is 0 Å². The molecule has 0 unspecified atom stereocenters. The molecule has 0 saturated carbocycles. The van der Waals surface area contributed by atoms with E-state index in [9.17, 15) is 0 Å². The smallest absolute Gasteiger partial charge is 0.0633 e. The van der Waals surface area contributed by atoms with Crippen LogP contribution in [0.25, 0.3) is 0 Å². The minimum Gasteiger partial charge on any atom is -0.360 e. The second kappa shape index (κ2) is 5.47. The molecule has 1 aliphatic carbocycles. The van der Waals surface area contributed by atoms with Crippen molar-refractivity contribution >= 4 is 23.0 Å². The van der Waals surface area contributed by atoms with Gasteiger partial charge in [-0.05, 0) is 18.2 Å². The van der Waals surface area contributed by atoms with Crippen LogP contribution in [-0.2, 0) is 0 Å². The number of pyridine rings is 1. The average molecular weight is 258 g/mol. The predicted octanol–water partition coefficient (Wildman–Crippen LogP) is 3.65. The molecule has 1 heterocycles. The van der Waals surface area contributed by atoms with Crippen molar-refractivity contribution in [3.63, 3.8) is 0 Å². The normalized spacial score (nSPS) is 16.6. The molecule has 1 aromatic heterocycles. The van der Waals surface area contributed by atoms with Gasteiger partial charge in [0.2, 0.25) is 0 Å². The highest BCUT2D eigenvalue weighted by Crippen LogP contribution is 2.25. The number of rotatable bonds is 3. The van der Waals surface area contributed by atoms with Crippen LogP contribution >= 0.6 is 11.6 Å². The molecule has 1 aromatic rings. The van der Waals surface area contributed by atoms with E-state index >= 15 is 0 Å². The Labute approximate surface area is 111 Å². The van der Waals surface area contributed by atoms with E-state index < -0.39 is 0 Å². The maximum atomic E-state index is 7.88. The average Bonchev–Trinajstić information content (AvgIpc) is 2.38. The topological polar surface area (TPSA) is 48.8 Å². The molecule has 0 bridgehead atoms. The lowest BCUT2D eigenvalue weighted by Crippen LogP contribution is -2.07. The first-order valence-corrected chi connectivity index (χ1v) is 5.75. The standard InChI is InChI=1S/C14H12ClN3/c1-10(15)12-5-2-6-14(16)13(12)9-18-11-4-3-7-17-8-11/h2-9,16,18H,1H2/b13-9-,16-14?. The summed E-state index contributed by atoms with van der Waals surface area (Å²) in [6.45, 7) is 3.70. The molecule has 0 atom stereocenters. The quantitative estimate of drug-likeness (QED) is 0.868. The summed E-state index contributed by atoms with van der Waals surface area (Å²) in [5.74, 6) is 0. The number of halogens is 1. The first-order chi connectivity index (χ1) is 8.68. The van der Waals surface area contributed by atoms with Crippen LogP contribution in [0.2, 0.25) is 0 Å². The van der Waals surface area contributed by atoms with Crippen LogP contribution in [0.5, 0.6) is 0 Å². The molecule has 0 spiro atoms. The molecule has 0 saturated heterocycles. The predicted molar refractivity (Wildman–Crippen MR) is 75.9 cm³/mol. The molecular formula is C14H12ClN3. The Balaban J connectivity index is 2.25. The van der Waals surface area contributed by atoms with Crippen molar-refractivity contribution in [3.05, 3.63) is 71.7 Å². The maximum absolute atomic E-state index is 7.88. The number of hydrogen-bond acceptors (Lipinski definition) is 3. The Morgan fingerprint density at radius 1 is 1.50 bits per heavy atom. The summed E-state index contributed by atoms with van der Waals surface area (Å²) in [6, 6.07) is 3.73. The van der Waals surface area contributed by atoms with Gasteiger partial charge in [0.05, 0.1) is 17.6 Å². The summed E-state index contributed by atoms with van der Waals surface area (Å²) < 4.78 is 0. The third-order valence-corrected chi connectivity index (χ3v) is 2.65. The molecule has 1 aliphatic rings. The molecule has 0 fully saturated rings. The van der Waals surface area contributed by atoms with Crippen molar-refractivity contribution in [2.75, 3.05) is 5.32 Å². The third kappa shape index (κ3) is 2.76. The second-order valence-electron chi connectivity index (χ2n) is 3.70. The zero-order chi connectivity index (χ0) is 13.0. The fourth-order valence-corrected chi connectivity index (χ4v) is 1.73. The van der Waals surface area contributed by atoms with E-state index in [1.807, 2.05) is 18.2 Å². The highest BCUT2D eigenvalue weighted by Gasteiger charge is 2.13. The molecule has 0 aromatic carbocycles. The molecule has 0 aliphatic heterocycles. The van der Waals surface area contributed by atoms with Gasteiger partial charge in [-0.3, -0.25) is 4.98 Å². The van der Waals surface area contributed by atoms with Gasteiger partial charge in [0.25, 0.3) is 0 Å². The largest absolute Gasteiger partial charge is 0.360 e. The molecule has 18 heavy (non-hydrogen) atoms. The molecule has 0 amide bonds. The fraction of sp³-hybridized carbons (Fsp3) is 0. The maximum Gasteiger partial charge on any atom is 0.0633 e. The Bertz CT molecular complexity index is 568. The van der Waals surface area contributed by atoms with Crippen molar-refractivity contribution in [1.82, 2.24) is 4.98 Å². The minimum absolute atomic E-state index is 0.394. The van der Waals surface area contributed by atoms with Crippen molar-refractivity contribution in [2.45, 2.75) is 0 Å². The molecule has 2 N–H and O–H groups in total. The summed E-state index contributed by atoms with van der Waals surface area (Å²) in [5, 5.41) is 11.4. The van der Waals surface area contributed by atoms with Gasteiger partial charge in [0, 0.05) is 28.6 Å². The van der Waals surface area contributed by atoms with Crippen LogP contribution in [0, 0.1) is 5.41 Å². The van der Waals surface area contributed by atoms with Crippen molar-refractivity contribution in [2.24, 2.45) is 0 Å². The Hall–Kier alpha value is -2.13. The Kier molecular flexibility index (Phi) is 3.75. The summed E-state index contributed by atoms with van der Waals surface area (Å²) in [4.78, 5) is 4.00. The summed E-state index contributed by atoms with van der Waals surface area (Å²) in [6.07, 6.45) is 10.5. The molecule has 90 valence electrons. The first kappa shape index (κ1) is 12.3. The zero-order valence-corrected chi connectivity index (χ0v) is 10.4. The Morgan fingerprint density at radius 3 is 3.00 bits per heavy atom. The van der Waals surface area contributed by atoms with Gasteiger partial charge >= 0.3 is 0 Å². The number of nitrogens with zero attached hydrogens (tertiary/aromatic N) is 1. The van der Waals surface area contributed by atoms with Gasteiger partial charge in [-0.2, -0.15) is 0 Å². The zero-order valence-electron chi connectivity index (χ0n) is 9.65. The van der Waals surface area contributed by atoms with E-state index in [1.54, 1.807) is 30.7 Å². The molecule has 3 nitrogen and oxygen atoms in total. The monoisotopic (exact) mass is 257 g/mol. The SMILES string of the molecule is C=C(Cl)C1=CC=CC(=N)/C1=C\Nc1cccnc1. The number of hydrogen-bond donors (Lipinski definition) is 2. The van der Waals surface area contributed by atoms with E-state index in [4.69, 9.17) is 17.0 Å². The second-order valence-corrected chi connectivity index (χ2v) is 4.16. The molecule has 2 rings (SSSR count). The van der Waals surface area contributed by atoms with E-state index in [2.05, 4.69) is 16.9 Å². The van der Waals surface area contributed by atoms with Gasteiger partial charge < -0.3 is 10.7 Å². The number of allylic oxidation sites excluding steroid dienone is 6. The summed E-state index contributed by atoms with van der Waals surface area (Å²) in [5.41, 5.74) is 2.71. The van der Waals surface area contributed by atoms with Gasteiger partial charge in [0.15, 0.2) is 0 Å². The number of anilines is 1. The Morgan fingerprint density at radius 2 is 2.33 bits per heavy atom. The van der Waals surface area contributed by atoms with Gasteiger partial charge in [-0.15, -0.1) is 0 Å². The van der Waals surface area contributed by atoms with Gasteiger partial charge in [-0.1, -0.05) is 30.3 Å². The van der Waals surface area contributed by atoms with Crippen LogP contribution in [-0.4, -0.2) is 10.7 Å². The molecule has 4 heteroatoms. The van der Waals surface area contributed by atoms with Gasteiger partial charge in [-0.25, -0.2) is 0 Å². The van der Waals surface area contributed by atoms with E-state index in [0.717, 1.165) is 11.3 Å². The van der Waals surface area contributed by atoms with Gasteiger partial charge in [0.1, 0.15) is 0 Å². The van der Waals surface area contributed by atoms with E-state index in [0.29, 0.717) is 16.3 Å². The van der Waals surface area contributed by atoms with E-state index in [1.165, 1.54) is 0 Å². The minimum atomic E-state index is 0.394. The summed E-state index contributed by atoms with van der Waals surface area (Å²) >= 11 is 5.92. The fourth-order valence-electron chi connectivity index (χ4n) is 1.56. The van der Waals surface area contributed by atoms with Crippen molar-refractivity contribution < 1.29 is 0 Å². The lowest BCUT2D eigenvalue weighted by molar-refractivity contribution is 1.32. The number of aromatic nitrogens is 1.